The standard InChI is InChI=1S/C18H21NO3/c1-2-3-6-13-22-15-11-9-14(10-12-15)18(21)19-16-7-4-5-8-17(16)20/h4-5,7-12,20H,2-3,6,13H2,1H3,(H,19,21). The molecular formula is C18H21NO3. The van der Waals surface area contributed by atoms with Crippen molar-refractivity contribution in [3.8, 4) is 11.5 Å². The average Bonchev–Trinajstić information content (AvgIpc) is 2.54. The second-order valence-corrected chi connectivity index (χ2v) is 5.05. The molecule has 0 atom stereocenters. The van der Waals surface area contributed by atoms with Crippen molar-refractivity contribution < 1.29 is 14.6 Å². The van der Waals surface area contributed by atoms with E-state index in [0.29, 0.717) is 17.9 Å². The van der Waals surface area contributed by atoms with Crippen molar-refractivity contribution in [1.82, 2.24) is 0 Å². The molecule has 0 heterocycles. The molecule has 4 nitrogen and oxygen atoms in total. The predicted octanol–water partition coefficient (Wildman–Crippen LogP) is 4.21. The number of phenols is 1. The highest BCUT2D eigenvalue weighted by Crippen LogP contribution is 2.22. The minimum absolute atomic E-state index is 0.0479. The number of rotatable bonds is 7. The molecule has 22 heavy (non-hydrogen) atoms. The van der Waals surface area contributed by atoms with Crippen molar-refractivity contribution in [2.75, 3.05) is 11.9 Å². The van der Waals surface area contributed by atoms with E-state index in [0.717, 1.165) is 25.0 Å². The van der Waals surface area contributed by atoms with Gasteiger partial charge < -0.3 is 15.2 Å². The molecule has 1 amide bonds. The molecule has 0 bridgehead atoms. The van der Waals surface area contributed by atoms with E-state index in [9.17, 15) is 9.90 Å². The summed E-state index contributed by atoms with van der Waals surface area (Å²) in [7, 11) is 0. The number of nitrogens with one attached hydrogen (secondary N) is 1. The van der Waals surface area contributed by atoms with Crippen LogP contribution in [0.2, 0.25) is 0 Å². The van der Waals surface area contributed by atoms with Gasteiger partial charge >= 0.3 is 0 Å². The molecule has 0 aliphatic heterocycles. The molecule has 0 radical (unpaired) electrons. The Labute approximate surface area is 130 Å². The topological polar surface area (TPSA) is 58.6 Å². The third kappa shape index (κ3) is 4.52. The van der Waals surface area contributed by atoms with Crippen LogP contribution in [0.25, 0.3) is 0 Å². The number of carbonyl (C=O) groups excluding carboxylic acids is 1. The number of benzene rings is 2. The summed E-state index contributed by atoms with van der Waals surface area (Å²) in [6.45, 7) is 2.84. The maximum Gasteiger partial charge on any atom is 0.255 e. The van der Waals surface area contributed by atoms with Gasteiger partial charge in [-0.2, -0.15) is 0 Å². The molecule has 2 N–H and O–H groups in total. The minimum Gasteiger partial charge on any atom is -0.506 e. The van der Waals surface area contributed by atoms with Crippen LogP contribution in [-0.2, 0) is 0 Å². The molecule has 0 saturated heterocycles. The van der Waals surface area contributed by atoms with Gasteiger partial charge in [-0.15, -0.1) is 0 Å². The Hall–Kier alpha value is -2.49. The summed E-state index contributed by atoms with van der Waals surface area (Å²) in [5.74, 6) is 0.543. The van der Waals surface area contributed by atoms with E-state index < -0.39 is 0 Å². The molecule has 0 aromatic heterocycles. The van der Waals surface area contributed by atoms with Crippen LogP contribution in [0, 0.1) is 0 Å². The summed E-state index contributed by atoms with van der Waals surface area (Å²) in [6.07, 6.45) is 3.35. The number of amides is 1. The summed E-state index contributed by atoms with van der Waals surface area (Å²) in [6, 6.07) is 13.6. The van der Waals surface area contributed by atoms with Gasteiger partial charge in [-0.3, -0.25) is 4.79 Å². The Morgan fingerprint density at radius 3 is 2.50 bits per heavy atom. The zero-order valence-corrected chi connectivity index (χ0v) is 12.7. The lowest BCUT2D eigenvalue weighted by molar-refractivity contribution is 0.102. The average molecular weight is 299 g/mol. The summed E-state index contributed by atoms with van der Waals surface area (Å²) >= 11 is 0. The lowest BCUT2D eigenvalue weighted by Gasteiger charge is -2.08. The number of hydrogen-bond acceptors (Lipinski definition) is 3. The summed E-state index contributed by atoms with van der Waals surface area (Å²) in [4.78, 5) is 12.1. The highest BCUT2D eigenvalue weighted by molar-refractivity contribution is 6.05. The predicted molar refractivity (Wildman–Crippen MR) is 87.5 cm³/mol. The molecule has 4 heteroatoms. The fourth-order valence-corrected chi connectivity index (χ4v) is 2.02. The van der Waals surface area contributed by atoms with Crippen LogP contribution in [0.1, 0.15) is 36.5 Å². The maximum absolute atomic E-state index is 12.1. The number of anilines is 1. The van der Waals surface area contributed by atoms with Gasteiger partial charge in [0.15, 0.2) is 0 Å². The van der Waals surface area contributed by atoms with Gasteiger partial charge in [0.1, 0.15) is 11.5 Å². The Bertz CT molecular complexity index is 608. The molecular weight excluding hydrogens is 278 g/mol. The number of ether oxygens (including phenoxy) is 1. The van der Waals surface area contributed by atoms with Crippen LogP contribution in [0.15, 0.2) is 48.5 Å². The molecule has 0 spiro atoms. The second-order valence-electron chi connectivity index (χ2n) is 5.05. The summed E-state index contributed by atoms with van der Waals surface area (Å²) in [5, 5.41) is 12.3. The van der Waals surface area contributed by atoms with Crippen LogP contribution in [0.4, 0.5) is 5.69 Å². The number of carbonyl (C=O) groups is 1. The van der Waals surface area contributed by atoms with E-state index in [2.05, 4.69) is 12.2 Å². The van der Waals surface area contributed by atoms with E-state index in [-0.39, 0.29) is 11.7 Å². The van der Waals surface area contributed by atoms with Crippen LogP contribution < -0.4 is 10.1 Å². The summed E-state index contributed by atoms with van der Waals surface area (Å²) < 4.78 is 5.61. The molecule has 0 saturated carbocycles. The third-order valence-electron chi connectivity index (χ3n) is 3.29. The maximum atomic E-state index is 12.1. The fourth-order valence-electron chi connectivity index (χ4n) is 2.02. The first-order chi connectivity index (χ1) is 10.7. The zero-order valence-electron chi connectivity index (χ0n) is 12.7. The van der Waals surface area contributed by atoms with Gasteiger partial charge in [0, 0.05) is 5.56 Å². The van der Waals surface area contributed by atoms with Crippen LogP contribution in [-0.4, -0.2) is 17.6 Å². The first-order valence-corrected chi connectivity index (χ1v) is 7.53. The minimum atomic E-state index is -0.265. The molecule has 0 fully saturated rings. The molecule has 2 aromatic rings. The highest BCUT2D eigenvalue weighted by atomic mass is 16.5. The van der Waals surface area contributed by atoms with E-state index >= 15 is 0 Å². The van der Waals surface area contributed by atoms with Crippen LogP contribution in [0.5, 0.6) is 11.5 Å². The molecule has 0 aliphatic rings. The Kier molecular flexibility index (Phi) is 5.83. The van der Waals surface area contributed by atoms with Gasteiger partial charge in [-0.05, 0) is 42.8 Å². The van der Waals surface area contributed by atoms with Crippen molar-refractivity contribution >= 4 is 11.6 Å². The molecule has 0 unspecified atom stereocenters. The molecule has 2 aromatic carbocycles. The largest absolute Gasteiger partial charge is 0.506 e. The summed E-state index contributed by atoms with van der Waals surface area (Å²) in [5.41, 5.74) is 0.913. The van der Waals surface area contributed by atoms with Gasteiger partial charge in [0.25, 0.3) is 5.91 Å². The van der Waals surface area contributed by atoms with Crippen LogP contribution in [0.3, 0.4) is 0 Å². The Balaban J connectivity index is 1.92. The Morgan fingerprint density at radius 2 is 1.82 bits per heavy atom. The molecule has 116 valence electrons. The number of aromatic hydroxyl groups is 1. The number of unbranched alkanes of at least 4 members (excludes halogenated alkanes) is 2. The van der Waals surface area contributed by atoms with Crippen molar-refractivity contribution in [2.45, 2.75) is 26.2 Å². The van der Waals surface area contributed by atoms with E-state index in [4.69, 9.17) is 4.74 Å². The van der Waals surface area contributed by atoms with Gasteiger partial charge in [-0.25, -0.2) is 0 Å². The lowest BCUT2D eigenvalue weighted by Crippen LogP contribution is -2.11. The van der Waals surface area contributed by atoms with Crippen molar-refractivity contribution in [3.63, 3.8) is 0 Å². The SMILES string of the molecule is CCCCCOc1ccc(C(=O)Nc2ccccc2O)cc1. The smallest absolute Gasteiger partial charge is 0.255 e. The molecule has 0 aliphatic carbocycles. The van der Waals surface area contributed by atoms with E-state index in [1.54, 1.807) is 42.5 Å². The van der Waals surface area contributed by atoms with Gasteiger partial charge in [-0.1, -0.05) is 31.9 Å². The fraction of sp³-hybridized carbons (Fsp3) is 0.278. The highest BCUT2D eigenvalue weighted by Gasteiger charge is 2.08. The monoisotopic (exact) mass is 299 g/mol. The number of phenolic OH excluding ortho intramolecular Hbond substituents is 1. The van der Waals surface area contributed by atoms with Crippen LogP contribution >= 0.6 is 0 Å². The zero-order chi connectivity index (χ0) is 15.8. The lowest BCUT2D eigenvalue weighted by atomic mass is 10.2. The number of para-hydroxylation sites is 2. The van der Waals surface area contributed by atoms with Crippen molar-refractivity contribution in [2.24, 2.45) is 0 Å². The van der Waals surface area contributed by atoms with E-state index in [1.165, 1.54) is 6.07 Å². The Morgan fingerprint density at radius 1 is 1.09 bits per heavy atom. The van der Waals surface area contributed by atoms with E-state index in [1.807, 2.05) is 0 Å². The normalized spacial score (nSPS) is 10.2. The number of hydrogen-bond donors (Lipinski definition) is 2. The van der Waals surface area contributed by atoms with Gasteiger partial charge in [0.05, 0.1) is 12.3 Å². The molecule has 2 rings (SSSR count). The van der Waals surface area contributed by atoms with Crippen molar-refractivity contribution in [3.05, 3.63) is 54.1 Å². The first kappa shape index (κ1) is 15.9. The van der Waals surface area contributed by atoms with Crippen molar-refractivity contribution in [1.29, 1.82) is 0 Å². The quantitative estimate of drug-likeness (QED) is 0.594. The van der Waals surface area contributed by atoms with Gasteiger partial charge in [0.2, 0.25) is 0 Å². The first-order valence-electron chi connectivity index (χ1n) is 7.53. The second kappa shape index (κ2) is 8.08. The third-order valence-corrected chi connectivity index (χ3v) is 3.29.